The van der Waals surface area contributed by atoms with Gasteiger partial charge in [0.05, 0.1) is 19.6 Å². The van der Waals surface area contributed by atoms with E-state index in [0.29, 0.717) is 58.8 Å². The van der Waals surface area contributed by atoms with Crippen molar-refractivity contribution in [3.05, 3.63) is 0 Å². The van der Waals surface area contributed by atoms with Crippen LogP contribution in [-0.2, 0) is 24.0 Å². The smallest absolute Gasteiger partial charge is 0.373 e. The molecule has 0 aromatic heterocycles. The number of carbonyl (C=O) groups is 3. The highest BCUT2D eigenvalue weighted by atomic mass is 16.4. The van der Waals surface area contributed by atoms with Gasteiger partial charge in [-0.25, -0.2) is 0 Å². The van der Waals surface area contributed by atoms with E-state index in [9.17, 15) is 29.7 Å². The molecular formula is C20H37N5O8. The van der Waals surface area contributed by atoms with Crippen molar-refractivity contribution in [2.24, 2.45) is 5.73 Å². The van der Waals surface area contributed by atoms with Gasteiger partial charge >= 0.3 is 24.1 Å². The van der Waals surface area contributed by atoms with Gasteiger partial charge in [0.1, 0.15) is 0 Å². The SMILES string of the molecule is CN1CCN(CC(=O)O)CCN(CC(=O)O)C(CCCCN)CN(CC(=O)O)CC1.O=C=O. The maximum absolute atomic E-state index is 11.5. The Hall–Kier alpha value is -2.41. The van der Waals surface area contributed by atoms with Crippen LogP contribution >= 0.6 is 0 Å². The highest BCUT2D eigenvalue weighted by Gasteiger charge is 2.26. The summed E-state index contributed by atoms with van der Waals surface area (Å²) in [5.41, 5.74) is 5.61. The Kier molecular flexibility index (Phi) is 16.7. The van der Waals surface area contributed by atoms with E-state index in [4.69, 9.17) is 15.3 Å². The summed E-state index contributed by atoms with van der Waals surface area (Å²) >= 11 is 0. The number of nitrogens with zero attached hydrogens (tertiary/aromatic N) is 4. The predicted octanol–water partition coefficient (Wildman–Crippen LogP) is -1.99. The zero-order valence-corrected chi connectivity index (χ0v) is 19.2. The lowest BCUT2D eigenvalue weighted by atomic mass is 10.1. The topological polar surface area (TPSA) is 185 Å². The fraction of sp³-hybridized carbons (Fsp3) is 0.800. The average Bonchev–Trinajstić information content (AvgIpc) is 2.71. The minimum atomic E-state index is -0.958. The van der Waals surface area contributed by atoms with Crippen LogP contribution in [0.1, 0.15) is 19.3 Å². The number of nitrogens with two attached hydrogens (primary N) is 1. The van der Waals surface area contributed by atoms with Gasteiger partial charge in [-0.2, -0.15) is 9.59 Å². The minimum Gasteiger partial charge on any atom is -0.480 e. The molecule has 1 heterocycles. The molecule has 0 saturated carbocycles. The van der Waals surface area contributed by atoms with Gasteiger partial charge in [-0.05, 0) is 26.4 Å². The molecule has 0 bridgehead atoms. The molecule has 1 saturated heterocycles. The molecule has 1 unspecified atom stereocenters. The fourth-order valence-corrected chi connectivity index (χ4v) is 3.67. The van der Waals surface area contributed by atoms with Crippen LogP contribution in [-0.4, -0.2) is 144 Å². The Labute approximate surface area is 193 Å². The molecule has 1 aliphatic rings. The van der Waals surface area contributed by atoms with E-state index < -0.39 is 17.9 Å². The summed E-state index contributed by atoms with van der Waals surface area (Å²) in [6.07, 6.45) is 2.58. The lowest BCUT2D eigenvalue weighted by Crippen LogP contribution is -2.52. The van der Waals surface area contributed by atoms with E-state index in [-0.39, 0.29) is 31.8 Å². The van der Waals surface area contributed by atoms with Crippen LogP contribution in [0.2, 0.25) is 0 Å². The molecular weight excluding hydrogens is 438 g/mol. The maximum Gasteiger partial charge on any atom is 0.373 e. The zero-order valence-electron chi connectivity index (χ0n) is 19.2. The van der Waals surface area contributed by atoms with Gasteiger partial charge in [0.25, 0.3) is 0 Å². The normalized spacial score (nSPS) is 19.9. The van der Waals surface area contributed by atoms with Crippen LogP contribution in [0.4, 0.5) is 0 Å². The van der Waals surface area contributed by atoms with E-state index in [1.54, 1.807) is 0 Å². The molecule has 5 N–H and O–H groups in total. The van der Waals surface area contributed by atoms with Gasteiger partial charge in [0.2, 0.25) is 0 Å². The first kappa shape index (κ1) is 30.6. The molecule has 190 valence electrons. The summed E-state index contributed by atoms with van der Waals surface area (Å²) in [7, 11) is 1.93. The number of hydrogen-bond acceptors (Lipinski definition) is 10. The molecule has 13 nitrogen and oxygen atoms in total. The molecule has 0 aromatic rings. The highest BCUT2D eigenvalue weighted by molar-refractivity contribution is 5.70. The van der Waals surface area contributed by atoms with E-state index in [1.807, 2.05) is 21.7 Å². The summed E-state index contributed by atoms with van der Waals surface area (Å²) in [6.45, 7) is 3.81. The van der Waals surface area contributed by atoms with Crippen molar-refractivity contribution < 1.29 is 39.3 Å². The van der Waals surface area contributed by atoms with Crippen LogP contribution in [0.25, 0.3) is 0 Å². The van der Waals surface area contributed by atoms with Crippen LogP contribution < -0.4 is 5.73 Å². The molecule has 1 fully saturated rings. The summed E-state index contributed by atoms with van der Waals surface area (Å²) < 4.78 is 0. The summed E-state index contributed by atoms with van der Waals surface area (Å²) in [5, 5.41) is 27.9. The van der Waals surface area contributed by atoms with E-state index >= 15 is 0 Å². The zero-order chi connectivity index (χ0) is 25.2. The van der Waals surface area contributed by atoms with Crippen LogP contribution in [0.3, 0.4) is 0 Å². The summed E-state index contributed by atoms with van der Waals surface area (Å²) in [4.78, 5) is 57.9. The number of unbranched alkanes of at least 4 members (excludes halogenated alkanes) is 1. The number of carboxylic acids is 3. The van der Waals surface area contributed by atoms with Gasteiger partial charge < -0.3 is 26.0 Å². The molecule has 1 aliphatic heterocycles. The Balaban J connectivity index is 0.00000322. The third-order valence-corrected chi connectivity index (χ3v) is 5.33. The number of likely N-dealkylation sites (N-methyl/N-ethyl adjacent to an activating group) is 1. The van der Waals surface area contributed by atoms with Crippen molar-refractivity contribution in [2.75, 3.05) is 79.0 Å². The first-order valence-electron chi connectivity index (χ1n) is 10.8. The molecule has 33 heavy (non-hydrogen) atoms. The van der Waals surface area contributed by atoms with Crippen molar-refractivity contribution in [3.63, 3.8) is 0 Å². The lowest BCUT2D eigenvalue weighted by Gasteiger charge is -2.37. The number of aliphatic carboxylic acids is 3. The molecule has 0 aromatic carbocycles. The van der Waals surface area contributed by atoms with Crippen molar-refractivity contribution in [3.8, 4) is 0 Å². The molecule has 13 heteroatoms. The molecule has 1 atom stereocenters. The Morgan fingerprint density at radius 3 is 1.82 bits per heavy atom. The second-order valence-corrected chi connectivity index (χ2v) is 7.99. The first-order chi connectivity index (χ1) is 15.6. The van der Waals surface area contributed by atoms with Crippen LogP contribution in [0, 0.1) is 0 Å². The number of hydrogen-bond donors (Lipinski definition) is 4. The van der Waals surface area contributed by atoms with Crippen LogP contribution in [0.15, 0.2) is 0 Å². The van der Waals surface area contributed by atoms with Crippen LogP contribution in [0.5, 0.6) is 0 Å². The average molecular weight is 476 g/mol. The maximum atomic E-state index is 11.5. The van der Waals surface area contributed by atoms with Gasteiger partial charge in [-0.1, -0.05) is 6.42 Å². The Bertz CT molecular complexity index is 630. The highest BCUT2D eigenvalue weighted by Crippen LogP contribution is 2.13. The molecule has 0 radical (unpaired) electrons. The van der Waals surface area contributed by atoms with Gasteiger partial charge in [-0.15, -0.1) is 0 Å². The third kappa shape index (κ3) is 15.9. The van der Waals surface area contributed by atoms with Crippen molar-refractivity contribution in [2.45, 2.75) is 25.3 Å². The Morgan fingerprint density at radius 2 is 1.30 bits per heavy atom. The van der Waals surface area contributed by atoms with Crippen molar-refractivity contribution in [1.82, 2.24) is 19.6 Å². The number of carboxylic acid groups (broad SMARTS) is 3. The number of carbonyl (C=O) groups excluding carboxylic acids is 2. The van der Waals surface area contributed by atoms with E-state index in [0.717, 1.165) is 12.8 Å². The Morgan fingerprint density at radius 1 is 0.818 bits per heavy atom. The second kappa shape index (κ2) is 18.1. The first-order valence-corrected chi connectivity index (χ1v) is 10.8. The minimum absolute atomic E-state index is 0.0995. The van der Waals surface area contributed by atoms with Crippen molar-refractivity contribution >= 4 is 24.1 Å². The van der Waals surface area contributed by atoms with Crippen molar-refractivity contribution in [1.29, 1.82) is 0 Å². The quantitative estimate of drug-likeness (QED) is 0.255. The molecule has 0 amide bonds. The van der Waals surface area contributed by atoms with E-state index in [2.05, 4.69) is 4.90 Å². The summed E-state index contributed by atoms with van der Waals surface area (Å²) in [6, 6.07) is -0.150. The van der Waals surface area contributed by atoms with Gasteiger partial charge in [0, 0.05) is 51.9 Å². The predicted molar refractivity (Wildman–Crippen MR) is 117 cm³/mol. The van der Waals surface area contributed by atoms with Gasteiger partial charge in [0.15, 0.2) is 0 Å². The standard InChI is InChI=1S/C19H37N5O6.CO2/c1-21-6-8-22(13-17(25)26)10-11-24(15-19(29)30)16(4-2-3-5-20)12-23(9-7-21)14-18(27)28;2-1-3/h16H,2-15,20H2,1H3,(H,25,26)(H,27,28)(H,29,30);. The third-order valence-electron chi connectivity index (χ3n) is 5.33. The lowest BCUT2D eigenvalue weighted by molar-refractivity contribution is -0.191. The monoisotopic (exact) mass is 475 g/mol. The number of rotatable bonds is 10. The fourth-order valence-electron chi connectivity index (χ4n) is 3.67. The van der Waals surface area contributed by atoms with E-state index in [1.165, 1.54) is 0 Å². The second-order valence-electron chi connectivity index (χ2n) is 7.99. The molecule has 0 aliphatic carbocycles. The molecule has 1 rings (SSSR count). The summed E-state index contributed by atoms with van der Waals surface area (Å²) in [5.74, 6) is -2.79. The van der Waals surface area contributed by atoms with Gasteiger partial charge in [-0.3, -0.25) is 29.1 Å². The largest absolute Gasteiger partial charge is 0.480 e. The molecule has 0 spiro atoms.